The van der Waals surface area contributed by atoms with Crippen LogP contribution in [0.15, 0.2) is 30.4 Å². The van der Waals surface area contributed by atoms with Gasteiger partial charge in [0.2, 0.25) is 0 Å². The van der Waals surface area contributed by atoms with Crippen molar-refractivity contribution in [3.8, 4) is 0 Å². The second-order valence-electron chi connectivity index (χ2n) is 3.44. The van der Waals surface area contributed by atoms with Gasteiger partial charge in [0.05, 0.1) is 0 Å². The Morgan fingerprint density at radius 3 is 2.93 bits per heavy atom. The van der Waals surface area contributed by atoms with Crippen molar-refractivity contribution in [3.05, 3.63) is 47.3 Å². The van der Waals surface area contributed by atoms with Crippen molar-refractivity contribution < 1.29 is 9.18 Å². The zero-order valence-electron chi connectivity index (χ0n) is 7.79. The number of fused-ring (bicyclic) bond motifs is 1. The molecular weight excluding hydrogens is 179 g/mol. The molecular formula is C12H11FO. The Morgan fingerprint density at radius 2 is 2.07 bits per heavy atom. The maximum atomic E-state index is 12.9. The topological polar surface area (TPSA) is 17.1 Å². The van der Waals surface area contributed by atoms with Crippen LogP contribution in [-0.2, 0) is 6.42 Å². The molecule has 1 aliphatic rings. The molecule has 72 valence electrons. The smallest absolute Gasteiger partial charge is 0.163 e. The lowest BCUT2D eigenvalue weighted by molar-refractivity contribution is 0.0982. The summed E-state index contributed by atoms with van der Waals surface area (Å²) >= 11 is 0. The van der Waals surface area contributed by atoms with Gasteiger partial charge in [0, 0.05) is 12.0 Å². The summed E-state index contributed by atoms with van der Waals surface area (Å²) in [6, 6.07) is 4.39. The Kier molecular flexibility index (Phi) is 2.44. The number of allylic oxidation sites excluding steroid dienone is 2. The second-order valence-corrected chi connectivity index (χ2v) is 3.44. The number of halogens is 1. The van der Waals surface area contributed by atoms with Gasteiger partial charge in [-0.05, 0) is 36.6 Å². The summed E-state index contributed by atoms with van der Waals surface area (Å²) < 4.78 is 12.9. The highest BCUT2D eigenvalue weighted by Gasteiger charge is 2.12. The molecule has 0 amide bonds. The first-order valence-corrected chi connectivity index (χ1v) is 4.74. The lowest BCUT2D eigenvalue weighted by atomic mass is 9.96. The third-order valence-corrected chi connectivity index (χ3v) is 2.41. The van der Waals surface area contributed by atoms with E-state index in [9.17, 15) is 9.18 Å². The van der Waals surface area contributed by atoms with Gasteiger partial charge < -0.3 is 0 Å². The van der Waals surface area contributed by atoms with E-state index in [1.165, 1.54) is 12.1 Å². The predicted octanol–water partition coefficient (Wildman–Crippen LogP) is 2.90. The minimum absolute atomic E-state index is 0.115. The molecule has 0 atom stereocenters. The van der Waals surface area contributed by atoms with E-state index < -0.39 is 0 Å². The number of Topliss-reactive ketones (excluding diaryl/α,β-unsaturated/α-hetero) is 1. The average Bonchev–Trinajstić information content (AvgIpc) is 2.14. The number of carbonyl (C=O) groups excluding carboxylic acids is 1. The summed E-state index contributed by atoms with van der Waals surface area (Å²) in [5.74, 6) is -0.158. The molecule has 0 fully saturated rings. The number of hydrogen-bond donors (Lipinski definition) is 0. The van der Waals surface area contributed by atoms with Gasteiger partial charge in [0.15, 0.2) is 5.78 Å². The van der Waals surface area contributed by atoms with Crippen LogP contribution in [0.5, 0.6) is 0 Å². The van der Waals surface area contributed by atoms with E-state index in [1.807, 2.05) is 12.2 Å². The molecule has 2 rings (SSSR count). The summed E-state index contributed by atoms with van der Waals surface area (Å²) in [6.45, 7) is 0. The lowest BCUT2D eigenvalue weighted by Crippen LogP contribution is -2.05. The number of benzene rings is 1. The second kappa shape index (κ2) is 3.74. The van der Waals surface area contributed by atoms with Gasteiger partial charge in [-0.1, -0.05) is 12.2 Å². The first-order valence-electron chi connectivity index (χ1n) is 4.74. The fourth-order valence-electron chi connectivity index (χ4n) is 1.68. The monoisotopic (exact) mass is 190 g/mol. The van der Waals surface area contributed by atoms with Gasteiger partial charge in [-0.2, -0.15) is 0 Å². The minimum atomic E-state index is -0.273. The summed E-state index contributed by atoms with van der Waals surface area (Å²) in [5, 5.41) is 0. The standard InChI is InChI=1S/C12H11FO/c13-10-6-7-11-9(8-10)4-2-1-3-5-12(11)14/h1-2,6-8H,3-5H2/b2-1-. The van der Waals surface area contributed by atoms with Crippen LogP contribution >= 0.6 is 0 Å². The zero-order chi connectivity index (χ0) is 9.97. The molecule has 0 N–H and O–H groups in total. The number of rotatable bonds is 0. The largest absolute Gasteiger partial charge is 0.294 e. The Bertz CT molecular complexity index is 393. The van der Waals surface area contributed by atoms with E-state index in [-0.39, 0.29) is 11.6 Å². The van der Waals surface area contributed by atoms with Crippen molar-refractivity contribution in [2.24, 2.45) is 0 Å². The van der Waals surface area contributed by atoms with Crippen molar-refractivity contribution >= 4 is 5.78 Å². The molecule has 0 radical (unpaired) electrons. The number of carbonyl (C=O) groups is 1. The molecule has 1 nitrogen and oxygen atoms in total. The van der Waals surface area contributed by atoms with Crippen molar-refractivity contribution in [3.63, 3.8) is 0 Å². The molecule has 1 aliphatic carbocycles. The Morgan fingerprint density at radius 1 is 1.21 bits per heavy atom. The van der Waals surface area contributed by atoms with Crippen LogP contribution in [0, 0.1) is 5.82 Å². The molecule has 14 heavy (non-hydrogen) atoms. The summed E-state index contributed by atoms with van der Waals surface area (Å²) in [4.78, 5) is 11.6. The summed E-state index contributed by atoms with van der Waals surface area (Å²) in [5.41, 5.74) is 1.47. The number of ketones is 1. The molecule has 0 saturated carbocycles. The van der Waals surface area contributed by atoms with Gasteiger partial charge in [0.25, 0.3) is 0 Å². The third-order valence-electron chi connectivity index (χ3n) is 2.41. The van der Waals surface area contributed by atoms with Gasteiger partial charge in [-0.3, -0.25) is 4.79 Å². The third kappa shape index (κ3) is 1.74. The van der Waals surface area contributed by atoms with Crippen LogP contribution in [0.3, 0.4) is 0 Å². The van der Waals surface area contributed by atoms with Crippen molar-refractivity contribution in [2.75, 3.05) is 0 Å². The van der Waals surface area contributed by atoms with Gasteiger partial charge in [-0.15, -0.1) is 0 Å². The van der Waals surface area contributed by atoms with E-state index >= 15 is 0 Å². The molecule has 2 heteroatoms. The van der Waals surface area contributed by atoms with E-state index in [2.05, 4.69) is 0 Å². The van der Waals surface area contributed by atoms with E-state index in [0.717, 1.165) is 12.0 Å². The van der Waals surface area contributed by atoms with Crippen molar-refractivity contribution in [1.29, 1.82) is 0 Å². The molecule has 1 aromatic carbocycles. The lowest BCUT2D eigenvalue weighted by Gasteiger charge is -2.08. The van der Waals surface area contributed by atoms with E-state index in [1.54, 1.807) is 6.07 Å². The molecule has 0 aromatic heterocycles. The van der Waals surface area contributed by atoms with Crippen LogP contribution in [-0.4, -0.2) is 5.78 Å². The zero-order valence-corrected chi connectivity index (χ0v) is 7.79. The SMILES string of the molecule is O=C1CC/C=C\Cc2cc(F)ccc21. The Labute approximate surface area is 82.3 Å². The fourth-order valence-corrected chi connectivity index (χ4v) is 1.68. The summed E-state index contributed by atoms with van der Waals surface area (Å²) in [6.07, 6.45) is 5.93. The highest BCUT2D eigenvalue weighted by Crippen LogP contribution is 2.17. The first-order chi connectivity index (χ1) is 6.77. The van der Waals surface area contributed by atoms with Crippen LogP contribution in [0.25, 0.3) is 0 Å². The molecule has 0 spiro atoms. The molecule has 0 bridgehead atoms. The van der Waals surface area contributed by atoms with Crippen LogP contribution in [0.2, 0.25) is 0 Å². The van der Waals surface area contributed by atoms with Crippen LogP contribution in [0.4, 0.5) is 4.39 Å². The van der Waals surface area contributed by atoms with Crippen molar-refractivity contribution in [2.45, 2.75) is 19.3 Å². The van der Waals surface area contributed by atoms with Gasteiger partial charge in [-0.25, -0.2) is 4.39 Å². The van der Waals surface area contributed by atoms with Crippen LogP contribution < -0.4 is 0 Å². The summed E-state index contributed by atoms with van der Waals surface area (Å²) in [7, 11) is 0. The van der Waals surface area contributed by atoms with Gasteiger partial charge >= 0.3 is 0 Å². The molecule has 0 heterocycles. The molecule has 1 aromatic rings. The average molecular weight is 190 g/mol. The minimum Gasteiger partial charge on any atom is -0.294 e. The quantitative estimate of drug-likeness (QED) is 0.575. The van der Waals surface area contributed by atoms with Crippen molar-refractivity contribution in [1.82, 2.24) is 0 Å². The Hall–Kier alpha value is -1.44. The van der Waals surface area contributed by atoms with Gasteiger partial charge in [0.1, 0.15) is 5.82 Å². The highest BCUT2D eigenvalue weighted by molar-refractivity contribution is 5.97. The fraction of sp³-hybridized carbons (Fsp3) is 0.250. The highest BCUT2D eigenvalue weighted by atomic mass is 19.1. The normalized spacial score (nSPS) is 18.2. The number of hydrogen-bond acceptors (Lipinski definition) is 1. The maximum Gasteiger partial charge on any atom is 0.163 e. The van der Waals surface area contributed by atoms with E-state index in [4.69, 9.17) is 0 Å². The first kappa shape index (κ1) is 9.13. The van der Waals surface area contributed by atoms with E-state index in [0.29, 0.717) is 18.4 Å². The molecule has 0 saturated heterocycles. The Balaban J connectivity index is 2.47. The molecule has 0 unspecified atom stereocenters. The maximum absolute atomic E-state index is 12.9. The predicted molar refractivity (Wildman–Crippen MR) is 52.8 cm³/mol. The van der Waals surface area contributed by atoms with Crippen LogP contribution in [0.1, 0.15) is 28.8 Å². The molecule has 0 aliphatic heterocycles.